The minimum Gasteiger partial charge on any atom is -0.417 e. The van der Waals surface area contributed by atoms with E-state index in [0.29, 0.717) is 12.2 Å². The number of benzene rings is 1. The highest BCUT2D eigenvalue weighted by Gasteiger charge is 2.31. The summed E-state index contributed by atoms with van der Waals surface area (Å²) < 4.78 is 5.24. The molecule has 22 heavy (non-hydrogen) atoms. The van der Waals surface area contributed by atoms with Crippen molar-refractivity contribution in [1.29, 1.82) is 0 Å². The number of nitrogens with zero attached hydrogens (tertiary/aromatic N) is 2. The first kappa shape index (κ1) is 17.5. The molecule has 0 spiro atoms. The number of esters is 1. The van der Waals surface area contributed by atoms with Gasteiger partial charge in [0, 0.05) is 6.42 Å². The summed E-state index contributed by atoms with van der Waals surface area (Å²) in [5.41, 5.74) is 11.7. The van der Waals surface area contributed by atoms with E-state index >= 15 is 0 Å². The molecule has 1 rings (SSSR count). The quantitative estimate of drug-likeness (QED) is 0.154. The number of ether oxygens (including phenoxy) is 1. The van der Waals surface area contributed by atoms with Gasteiger partial charge < -0.3 is 10.3 Å². The molecule has 0 radical (unpaired) electrons. The van der Waals surface area contributed by atoms with E-state index in [9.17, 15) is 9.59 Å². The molecule has 0 atom stereocenters. The first-order chi connectivity index (χ1) is 10.3. The standard InChI is InChI=1S/C17H20N2O3/c1-10(2)6-7-14(20)15(19-18)17(21)22-16-12(4)8-11(3)9-13(16)5/h8-9H,1,6-7H2,2-5H3. The second-order valence-corrected chi connectivity index (χ2v) is 5.45. The van der Waals surface area contributed by atoms with Gasteiger partial charge in [0.1, 0.15) is 5.75 Å². The molecule has 1 aromatic carbocycles. The van der Waals surface area contributed by atoms with E-state index in [-0.39, 0.29) is 6.42 Å². The summed E-state index contributed by atoms with van der Waals surface area (Å²) in [5.74, 6) is -1.15. The Morgan fingerprint density at radius 2 is 1.73 bits per heavy atom. The van der Waals surface area contributed by atoms with Crippen molar-refractivity contribution in [2.75, 3.05) is 0 Å². The van der Waals surface area contributed by atoms with Crippen molar-refractivity contribution in [3.8, 4) is 5.75 Å². The Balaban J connectivity index is 2.94. The van der Waals surface area contributed by atoms with Crippen LogP contribution in [0.25, 0.3) is 5.53 Å². The van der Waals surface area contributed by atoms with E-state index in [1.165, 1.54) is 0 Å². The van der Waals surface area contributed by atoms with Crippen LogP contribution in [0.15, 0.2) is 24.3 Å². The van der Waals surface area contributed by atoms with Gasteiger partial charge in [0.2, 0.25) is 0 Å². The molecule has 0 aliphatic carbocycles. The number of aryl methyl sites for hydroxylation is 3. The first-order valence-corrected chi connectivity index (χ1v) is 6.96. The zero-order valence-corrected chi connectivity index (χ0v) is 13.4. The summed E-state index contributed by atoms with van der Waals surface area (Å²) in [7, 11) is 0. The third-order valence-corrected chi connectivity index (χ3v) is 3.14. The average Bonchev–Trinajstić information content (AvgIpc) is 2.41. The van der Waals surface area contributed by atoms with Gasteiger partial charge >= 0.3 is 11.7 Å². The van der Waals surface area contributed by atoms with Crippen LogP contribution in [0.2, 0.25) is 0 Å². The van der Waals surface area contributed by atoms with E-state index in [2.05, 4.69) is 11.4 Å². The van der Waals surface area contributed by atoms with E-state index in [1.807, 2.05) is 19.1 Å². The van der Waals surface area contributed by atoms with Gasteiger partial charge in [-0.05, 0) is 45.2 Å². The Labute approximate surface area is 130 Å². The van der Waals surface area contributed by atoms with Crippen molar-refractivity contribution in [3.05, 3.63) is 46.5 Å². The Kier molecular flexibility index (Phi) is 5.96. The predicted molar refractivity (Wildman–Crippen MR) is 84.0 cm³/mol. The molecule has 0 aromatic heterocycles. The fraction of sp³-hybridized carbons (Fsp3) is 0.353. The van der Waals surface area contributed by atoms with Gasteiger partial charge in [-0.15, -0.1) is 6.58 Å². The predicted octanol–water partition coefficient (Wildman–Crippen LogP) is 3.11. The molecule has 0 N–H and O–H groups in total. The smallest absolute Gasteiger partial charge is 0.417 e. The Morgan fingerprint density at radius 1 is 1.18 bits per heavy atom. The van der Waals surface area contributed by atoms with Crippen molar-refractivity contribution in [3.63, 3.8) is 0 Å². The molecule has 0 aliphatic rings. The van der Waals surface area contributed by atoms with Crippen LogP contribution >= 0.6 is 0 Å². The molecule has 5 nitrogen and oxygen atoms in total. The van der Waals surface area contributed by atoms with E-state index in [0.717, 1.165) is 22.3 Å². The maximum atomic E-state index is 12.1. The summed E-state index contributed by atoms with van der Waals surface area (Å²) in [5, 5.41) is 0. The van der Waals surface area contributed by atoms with Crippen LogP contribution < -0.4 is 4.74 Å². The van der Waals surface area contributed by atoms with E-state index in [4.69, 9.17) is 10.3 Å². The van der Waals surface area contributed by atoms with Crippen LogP contribution in [0, 0.1) is 20.8 Å². The van der Waals surface area contributed by atoms with Crippen molar-refractivity contribution < 1.29 is 19.1 Å². The van der Waals surface area contributed by atoms with Gasteiger partial charge in [0.05, 0.1) is 0 Å². The van der Waals surface area contributed by atoms with Crippen LogP contribution in [0.5, 0.6) is 5.75 Å². The Bertz CT molecular complexity index is 660. The van der Waals surface area contributed by atoms with Crippen molar-refractivity contribution in [1.82, 2.24) is 0 Å². The monoisotopic (exact) mass is 300 g/mol. The molecule has 0 saturated carbocycles. The average molecular weight is 300 g/mol. The molecule has 0 heterocycles. The summed E-state index contributed by atoms with van der Waals surface area (Å²) in [4.78, 5) is 26.8. The molecule has 0 fully saturated rings. The Morgan fingerprint density at radius 3 is 2.18 bits per heavy atom. The van der Waals surface area contributed by atoms with Gasteiger partial charge in [-0.3, -0.25) is 4.79 Å². The number of rotatable bonds is 6. The fourth-order valence-electron chi connectivity index (χ4n) is 2.12. The molecule has 0 unspecified atom stereocenters. The maximum absolute atomic E-state index is 12.1. The number of carbonyl (C=O) groups excluding carboxylic acids is 2. The Hall–Kier alpha value is -2.52. The van der Waals surface area contributed by atoms with Gasteiger partial charge in [-0.1, -0.05) is 23.3 Å². The molecule has 1 aromatic rings. The lowest BCUT2D eigenvalue weighted by Gasteiger charge is -2.10. The van der Waals surface area contributed by atoms with E-state index in [1.54, 1.807) is 20.8 Å². The van der Waals surface area contributed by atoms with Crippen molar-refractivity contribution in [2.24, 2.45) is 0 Å². The van der Waals surface area contributed by atoms with Crippen molar-refractivity contribution >= 4 is 17.5 Å². The van der Waals surface area contributed by atoms with Gasteiger partial charge in [0.25, 0.3) is 5.78 Å². The van der Waals surface area contributed by atoms with Gasteiger partial charge in [-0.25, -0.2) is 4.79 Å². The number of hydrogen-bond donors (Lipinski definition) is 0. The number of allylic oxidation sites excluding steroid dienone is 1. The minimum atomic E-state index is -0.954. The SMILES string of the molecule is C=C(C)CCC(=O)C(=[N+]=[N-])C(=O)Oc1c(C)cc(C)cc1C. The number of Topliss-reactive ketones (excluding diaryl/α,β-unsaturated/α-hetero) is 1. The summed E-state index contributed by atoms with van der Waals surface area (Å²) in [6.45, 7) is 11.0. The lowest BCUT2D eigenvalue weighted by molar-refractivity contribution is -0.134. The largest absolute Gasteiger partial charge is 0.441 e. The van der Waals surface area contributed by atoms with Crippen LogP contribution in [0.1, 0.15) is 36.5 Å². The topological polar surface area (TPSA) is 79.8 Å². The molecular formula is C17H20N2O3. The van der Waals surface area contributed by atoms with Crippen LogP contribution in [0.4, 0.5) is 0 Å². The summed E-state index contributed by atoms with van der Waals surface area (Å²) in [6, 6.07) is 3.74. The van der Waals surface area contributed by atoms with Crippen LogP contribution in [-0.2, 0) is 9.59 Å². The highest BCUT2D eigenvalue weighted by molar-refractivity contribution is 6.62. The number of carbonyl (C=O) groups is 2. The molecular weight excluding hydrogens is 280 g/mol. The normalized spacial score (nSPS) is 9.82. The third-order valence-electron chi connectivity index (χ3n) is 3.14. The lowest BCUT2D eigenvalue weighted by atomic mass is 10.1. The highest BCUT2D eigenvalue weighted by atomic mass is 16.5. The zero-order chi connectivity index (χ0) is 16.9. The van der Waals surface area contributed by atoms with Crippen molar-refractivity contribution in [2.45, 2.75) is 40.5 Å². The highest BCUT2D eigenvalue weighted by Crippen LogP contribution is 2.24. The lowest BCUT2D eigenvalue weighted by Crippen LogP contribution is -2.29. The minimum absolute atomic E-state index is 0.0513. The molecule has 0 amide bonds. The molecule has 0 saturated heterocycles. The maximum Gasteiger partial charge on any atom is 0.441 e. The molecule has 0 aliphatic heterocycles. The molecule has 0 bridgehead atoms. The van der Waals surface area contributed by atoms with E-state index < -0.39 is 17.5 Å². The summed E-state index contributed by atoms with van der Waals surface area (Å²) in [6.07, 6.45) is 0.476. The first-order valence-electron chi connectivity index (χ1n) is 6.96. The number of ketones is 1. The zero-order valence-electron chi connectivity index (χ0n) is 13.4. The fourth-order valence-corrected chi connectivity index (χ4v) is 2.12. The second kappa shape index (κ2) is 7.48. The molecule has 5 heteroatoms. The van der Waals surface area contributed by atoms with Gasteiger partial charge in [0.15, 0.2) is 0 Å². The number of hydrogen-bond acceptors (Lipinski definition) is 3. The second-order valence-electron chi connectivity index (χ2n) is 5.45. The van der Waals surface area contributed by atoms with Crippen LogP contribution in [0.3, 0.4) is 0 Å². The summed E-state index contributed by atoms with van der Waals surface area (Å²) >= 11 is 0. The third kappa shape index (κ3) is 4.50. The molecule has 116 valence electrons. The van der Waals surface area contributed by atoms with Gasteiger partial charge in [-0.2, -0.15) is 4.79 Å². The van der Waals surface area contributed by atoms with Crippen LogP contribution in [-0.4, -0.2) is 22.3 Å².